The summed E-state index contributed by atoms with van der Waals surface area (Å²) in [5.74, 6) is 1.35. The number of nitrogens with zero attached hydrogens (tertiary/aromatic N) is 4. The van der Waals surface area contributed by atoms with Crippen LogP contribution in [0.3, 0.4) is 0 Å². The average molecular weight is 841 g/mol. The van der Waals surface area contributed by atoms with Crippen LogP contribution in [-0.2, 0) is 0 Å². The Morgan fingerprint density at radius 1 is 0.197 bits per heavy atom. The first kappa shape index (κ1) is 38.8. The number of fused-ring (bicyclic) bond motifs is 3. The quantitative estimate of drug-likeness (QED) is 0.153. The fourth-order valence-corrected chi connectivity index (χ4v) is 9.18. The van der Waals surface area contributed by atoms with E-state index in [9.17, 15) is 0 Å². The molecule has 0 bridgehead atoms. The number of aromatic nitrogens is 4. The van der Waals surface area contributed by atoms with Crippen LogP contribution in [0.2, 0.25) is 0 Å². The van der Waals surface area contributed by atoms with Crippen LogP contribution < -0.4 is 0 Å². The molecule has 4 nitrogen and oxygen atoms in total. The molecule has 0 unspecified atom stereocenters. The monoisotopic (exact) mass is 840 g/mol. The van der Waals surface area contributed by atoms with Crippen LogP contribution in [0.25, 0.3) is 122 Å². The highest BCUT2D eigenvalue weighted by molar-refractivity contribution is 6.08. The van der Waals surface area contributed by atoms with Gasteiger partial charge in [-0.25, -0.2) is 19.9 Å². The number of benzene rings is 10. The summed E-state index contributed by atoms with van der Waals surface area (Å²) in [6.45, 7) is 0. The fraction of sp³-hybridized carbons (Fsp3) is 0. The molecule has 10 aromatic carbocycles. The molecule has 0 amide bonds. The van der Waals surface area contributed by atoms with Crippen molar-refractivity contribution in [2.45, 2.75) is 0 Å². The summed E-state index contributed by atoms with van der Waals surface area (Å²) in [6.07, 6.45) is 0. The summed E-state index contributed by atoms with van der Waals surface area (Å²) in [5.41, 5.74) is 17.0. The zero-order valence-electron chi connectivity index (χ0n) is 35.9. The Hall–Kier alpha value is -8.86. The molecule has 0 aliphatic carbocycles. The molecule has 4 heteroatoms. The lowest BCUT2D eigenvalue weighted by molar-refractivity contribution is 1.23. The van der Waals surface area contributed by atoms with Gasteiger partial charge in [0.2, 0.25) is 0 Å². The van der Waals surface area contributed by atoms with E-state index in [1.807, 2.05) is 18.2 Å². The highest BCUT2D eigenvalue weighted by atomic mass is 14.9. The molecule has 2 aromatic heterocycles. The van der Waals surface area contributed by atoms with E-state index in [4.69, 9.17) is 19.9 Å². The maximum Gasteiger partial charge on any atom is 0.161 e. The third-order valence-corrected chi connectivity index (χ3v) is 12.5. The molecule has 12 rings (SSSR count). The first-order valence-electron chi connectivity index (χ1n) is 22.3. The molecule has 12 aromatic rings. The lowest BCUT2D eigenvalue weighted by Crippen LogP contribution is -1.98. The zero-order chi connectivity index (χ0) is 43.8. The van der Waals surface area contributed by atoms with Crippen molar-refractivity contribution < 1.29 is 0 Å². The van der Waals surface area contributed by atoms with Gasteiger partial charge in [0.1, 0.15) is 0 Å². The van der Waals surface area contributed by atoms with Crippen molar-refractivity contribution in [1.82, 2.24) is 19.9 Å². The van der Waals surface area contributed by atoms with Crippen LogP contribution in [0, 0.1) is 0 Å². The summed E-state index contributed by atoms with van der Waals surface area (Å²) in [5, 5.41) is 4.12. The molecule has 308 valence electrons. The summed E-state index contributed by atoms with van der Waals surface area (Å²) in [6, 6.07) is 85.2. The predicted molar refractivity (Wildman–Crippen MR) is 274 cm³/mol. The molecule has 0 atom stereocenters. The lowest BCUT2D eigenvalue weighted by Gasteiger charge is -2.15. The molecule has 0 aliphatic rings. The molecule has 66 heavy (non-hydrogen) atoms. The van der Waals surface area contributed by atoms with Gasteiger partial charge in [-0.2, -0.15) is 0 Å². The molecule has 0 N–H and O–H groups in total. The smallest absolute Gasteiger partial charge is 0.161 e. The van der Waals surface area contributed by atoms with Crippen molar-refractivity contribution >= 4 is 32.6 Å². The minimum absolute atomic E-state index is 0.675. The van der Waals surface area contributed by atoms with Gasteiger partial charge in [-0.15, -0.1) is 0 Å². The first-order chi connectivity index (χ1) is 32.7. The van der Waals surface area contributed by atoms with E-state index in [0.29, 0.717) is 11.6 Å². The van der Waals surface area contributed by atoms with Crippen LogP contribution in [-0.4, -0.2) is 19.9 Å². The molecule has 0 saturated heterocycles. The lowest BCUT2D eigenvalue weighted by atomic mass is 9.95. The van der Waals surface area contributed by atoms with Crippen molar-refractivity contribution in [3.8, 4) is 89.8 Å². The Morgan fingerprint density at radius 3 is 1.11 bits per heavy atom. The third kappa shape index (κ3) is 7.27. The van der Waals surface area contributed by atoms with Gasteiger partial charge in [-0.05, 0) is 85.6 Å². The maximum absolute atomic E-state index is 5.37. The van der Waals surface area contributed by atoms with E-state index in [2.05, 4.69) is 224 Å². The topological polar surface area (TPSA) is 51.6 Å². The van der Waals surface area contributed by atoms with Crippen molar-refractivity contribution in [3.05, 3.63) is 243 Å². The van der Waals surface area contributed by atoms with Crippen LogP contribution in [0.1, 0.15) is 0 Å². The molecule has 0 saturated carbocycles. The largest absolute Gasteiger partial charge is 0.228 e. The Morgan fingerprint density at radius 2 is 0.561 bits per heavy atom. The van der Waals surface area contributed by atoms with Crippen molar-refractivity contribution in [3.63, 3.8) is 0 Å². The molecule has 0 spiro atoms. The number of rotatable bonds is 8. The Balaban J connectivity index is 0.920. The van der Waals surface area contributed by atoms with Crippen LogP contribution in [0.5, 0.6) is 0 Å². The predicted octanol–water partition coefficient (Wildman–Crippen LogP) is 16.1. The molecular weight excluding hydrogens is 801 g/mol. The Bertz CT molecular complexity index is 3730. The van der Waals surface area contributed by atoms with Gasteiger partial charge in [0, 0.05) is 33.0 Å². The van der Waals surface area contributed by atoms with Crippen LogP contribution >= 0.6 is 0 Å². The Labute approximate surface area is 383 Å². The van der Waals surface area contributed by atoms with Crippen LogP contribution in [0.15, 0.2) is 243 Å². The van der Waals surface area contributed by atoms with Gasteiger partial charge in [-0.3, -0.25) is 0 Å². The maximum atomic E-state index is 5.37. The minimum atomic E-state index is 0.675. The second-order valence-corrected chi connectivity index (χ2v) is 16.6. The summed E-state index contributed by atoms with van der Waals surface area (Å²) >= 11 is 0. The van der Waals surface area contributed by atoms with Gasteiger partial charge in [0.05, 0.1) is 22.4 Å². The van der Waals surface area contributed by atoms with Gasteiger partial charge < -0.3 is 0 Å². The number of hydrogen-bond donors (Lipinski definition) is 0. The van der Waals surface area contributed by atoms with Crippen molar-refractivity contribution in [1.29, 1.82) is 0 Å². The minimum Gasteiger partial charge on any atom is -0.228 e. The summed E-state index contributed by atoms with van der Waals surface area (Å²) in [4.78, 5) is 21.0. The standard InChI is InChI=1S/C62H40N4/c1-3-15-41(16-4-1)47-19-13-21-49(39-47)43-29-33-45(34-30-43)59-55-25-9-11-27-57(55)64-62(65-59)54-38-37-53(51-23-7-8-24-52(51)54)60-56-26-10-12-28-58(56)63-61(66-60)46-35-31-44(32-36-46)50-22-14-20-48(40-50)42-17-5-2-6-18-42/h1-40H. The van der Waals surface area contributed by atoms with Gasteiger partial charge in [0.15, 0.2) is 11.6 Å². The second kappa shape index (κ2) is 16.7. The van der Waals surface area contributed by atoms with E-state index in [0.717, 1.165) is 82.9 Å². The highest BCUT2D eigenvalue weighted by Crippen LogP contribution is 2.40. The van der Waals surface area contributed by atoms with E-state index in [1.54, 1.807) is 0 Å². The summed E-state index contributed by atoms with van der Waals surface area (Å²) < 4.78 is 0. The van der Waals surface area contributed by atoms with Crippen molar-refractivity contribution in [2.75, 3.05) is 0 Å². The first-order valence-corrected chi connectivity index (χ1v) is 22.3. The SMILES string of the molecule is c1ccc(-c2cccc(-c3ccc(-c4nc(-c5ccc(-c6nc(-c7ccc(-c8cccc(-c9ccccc9)c8)cc7)c7ccccc7n6)c6ccccc56)c5ccccc5n4)cc3)c2)cc1. The van der Waals surface area contributed by atoms with E-state index >= 15 is 0 Å². The van der Waals surface area contributed by atoms with E-state index in [1.165, 1.54) is 27.8 Å². The van der Waals surface area contributed by atoms with E-state index in [-0.39, 0.29) is 0 Å². The third-order valence-electron chi connectivity index (χ3n) is 12.5. The highest BCUT2D eigenvalue weighted by Gasteiger charge is 2.19. The molecule has 2 heterocycles. The Kier molecular flexibility index (Phi) is 9.81. The van der Waals surface area contributed by atoms with Crippen molar-refractivity contribution in [2.24, 2.45) is 0 Å². The van der Waals surface area contributed by atoms with Gasteiger partial charge >= 0.3 is 0 Å². The zero-order valence-corrected chi connectivity index (χ0v) is 35.9. The molecular formula is C62H40N4. The summed E-state index contributed by atoms with van der Waals surface area (Å²) in [7, 11) is 0. The second-order valence-electron chi connectivity index (χ2n) is 16.6. The number of para-hydroxylation sites is 2. The van der Waals surface area contributed by atoms with E-state index < -0.39 is 0 Å². The number of hydrogen-bond acceptors (Lipinski definition) is 4. The normalized spacial score (nSPS) is 11.3. The molecule has 0 aliphatic heterocycles. The molecule has 0 fully saturated rings. The molecule has 0 radical (unpaired) electrons. The average Bonchev–Trinajstić information content (AvgIpc) is 3.40. The fourth-order valence-electron chi connectivity index (χ4n) is 9.18. The van der Waals surface area contributed by atoms with Gasteiger partial charge in [-0.1, -0.05) is 212 Å². The van der Waals surface area contributed by atoms with Gasteiger partial charge in [0.25, 0.3) is 0 Å². The van der Waals surface area contributed by atoms with Crippen LogP contribution in [0.4, 0.5) is 0 Å².